The number of hydrogen-bond donors (Lipinski definition) is 1. The fourth-order valence-corrected chi connectivity index (χ4v) is 2.46. The minimum Gasteiger partial charge on any atom is -0.410 e. The maximum absolute atomic E-state index is 11.9. The molecular formula is C20H23N3O2. The van der Waals surface area contributed by atoms with Crippen LogP contribution in [0.1, 0.15) is 44.6 Å². The van der Waals surface area contributed by atoms with E-state index in [9.17, 15) is 4.79 Å². The molecule has 0 radical (unpaired) electrons. The summed E-state index contributed by atoms with van der Waals surface area (Å²) in [7, 11) is 0. The molecule has 1 amide bonds. The predicted octanol–water partition coefficient (Wildman–Crippen LogP) is 4.68. The van der Waals surface area contributed by atoms with Gasteiger partial charge in [-0.3, -0.25) is 4.98 Å². The lowest BCUT2D eigenvalue weighted by Gasteiger charge is -2.08. The summed E-state index contributed by atoms with van der Waals surface area (Å²) in [5.74, 6) is 0.461. The second kappa shape index (κ2) is 10.1. The Kier molecular flexibility index (Phi) is 7.45. The number of nitrogens with zero attached hydrogens (tertiary/aromatic N) is 2. The van der Waals surface area contributed by atoms with Gasteiger partial charge in [-0.05, 0) is 30.2 Å². The molecule has 0 bridgehead atoms. The number of benzene rings is 1. The number of pyridine rings is 1. The maximum atomic E-state index is 11.9. The molecule has 0 spiro atoms. The molecule has 1 heterocycles. The zero-order chi connectivity index (χ0) is 17.9. The van der Waals surface area contributed by atoms with Gasteiger partial charge in [0.15, 0.2) is 0 Å². The van der Waals surface area contributed by atoms with E-state index in [4.69, 9.17) is 10.00 Å². The molecular weight excluding hydrogens is 314 g/mol. The summed E-state index contributed by atoms with van der Waals surface area (Å²) in [5.41, 5.74) is 2.14. The van der Waals surface area contributed by atoms with E-state index < -0.39 is 6.09 Å². The fraction of sp³-hybridized carbons (Fsp3) is 0.350. The van der Waals surface area contributed by atoms with Gasteiger partial charge in [0.2, 0.25) is 0 Å². The summed E-state index contributed by atoms with van der Waals surface area (Å²) < 4.78 is 5.33. The van der Waals surface area contributed by atoms with E-state index in [1.807, 2.05) is 12.1 Å². The van der Waals surface area contributed by atoms with Crippen molar-refractivity contribution in [2.45, 2.75) is 39.0 Å². The number of unbranched alkanes of at least 4 members (excludes halogenated alkanes) is 4. The largest absolute Gasteiger partial charge is 0.412 e. The predicted molar refractivity (Wildman–Crippen MR) is 97.2 cm³/mol. The van der Waals surface area contributed by atoms with Crippen LogP contribution in [-0.4, -0.2) is 17.6 Å². The molecule has 5 nitrogen and oxygen atoms in total. The van der Waals surface area contributed by atoms with E-state index in [0.29, 0.717) is 17.9 Å². The quantitative estimate of drug-likeness (QED) is 0.710. The van der Waals surface area contributed by atoms with Crippen LogP contribution in [0.4, 0.5) is 4.79 Å². The Morgan fingerprint density at radius 1 is 1.16 bits per heavy atom. The molecule has 0 aliphatic heterocycles. The summed E-state index contributed by atoms with van der Waals surface area (Å²) in [5, 5.41) is 11.7. The molecule has 1 aromatic carbocycles. The second-order valence-electron chi connectivity index (χ2n) is 5.83. The van der Waals surface area contributed by atoms with Crippen molar-refractivity contribution in [2.75, 3.05) is 6.54 Å². The Balaban J connectivity index is 1.88. The third-order valence-electron chi connectivity index (χ3n) is 3.79. The Morgan fingerprint density at radius 3 is 2.80 bits per heavy atom. The SMILES string of the molecule is CCCCCCCNC(=O)Oc1cccc(-c2cncc(C#N)c2)c1. The number of nitrogens with one attached hydrogen (secondary N) is 1. The van der Waals surface area contributed by atoms with Gasteiger partial charge in [0.05, 0.1) is 5.56 Å². The summed E-state index contributed by atoms with van der Waals surface area (Å²) in [4.78, 5) is 15.9. The first-order valence-corrected chi connectivity index (χ1v) is 8.64. The molecule has 0 saturated carbocycles. The monoisotopic (exact) mass is 337 g/mol. The molecule has 130 valence electrons. The van der Waals surface area contributed by atoms with Crippen LogP contribution in [-0.2, 0) is 0 Å². The number of amides is 1. The standard InChI is InChI=1S/C20H23N3O2/c1-2-3-4-5-6-10-23-20(24)25-19-9-7-8-17(12-19)18-11-16(13-21)14-22-15-18/h7-9,11-12,14-15H,2-6,10H2,1H3,(H,23,24). The molecule has 2 aromatic rings. The van der Waals surface area contributed by atoms with Crippen LogP contribution < -0.4 is 10.1 Å². The average molecular weight is 337 g/mol. The van der Waals surface area contributed by atoms with Gasteiger partial charge in [-0.2, -0.15) is 5.26 Å². The average Bonchev–Trinajstić information content (AvgIpc) is 2.65. The number of carbonyl (C=O) groups is 1. The normalized spacial score (nSPS) is 10.1. The van der Waals surface area contributed by atoms with Crippen LogP contribution >= 0.6 is 0 Å². The molecule has 25 heavy (non-hydrogen) atoms. The number of ether oxygens (including phenoxy) is 1. The van der Waals surface area contributed by atoms with Crippen molar-refractivity contribution < 1.29 is 9.53 Å². The third-order valence-corrected chi connectivity index (χ3v) is 3.79. The third kappa shape index (κ3) is 6.27. The van der Waals surface area contributed by atoms with Crippen molar-refractivity contribution in [1.29, 1.82) is 5.26 Å². The molecule has 1 aromatic heterocycles. The minimum absolute atomic E-state index is 0.448. The van der Waals surface area contributed by atoms with Crippen molar-refractivity contribution in [3.05, 3.63) is 48.3 Å². The zero-order valence-electron chi connectivity index (χ0n) is 14.5. The van der Waals surface area contributed by atoms with Crippen LogP contribution in [0.25, 0.3) is 11.1 Å². The Labute approximate surface area is 148 Å². The van der Waals surface area contributed by atoms with Crippen LogP contribution in [0, 0.1) is 11.3 Å². The lowest BCUT2D eigenvalue weighted by atomic mass is 10.1. The van der Waals surface area contributed by atoms with Crippen molar-refractivity contribution in [2.24, 2.45) is 0 Å². The lowest BCUT2D eigenvalue weighted by Crippen LogP contribution is -2.27. The van der Waals surface area contributed by atoms with E-state index in [1.165, 1.54) is 25.5 Å². The van der Waals surface area contributed by atoms with Gasteiger partial charge >= 0.3 is 6.09 Å². The van der Waals surface area contributed by atoms with Crippen molar-refractivity contribution in [3.63, 3.8) is 0 Å². The molecule has 0 atom stereocenters. The lowest BCUT2D eigenvalue weighted by molar-refractivity contribution is 0.200. The molecule has 5 heteroatoms. The molecule has 1 N–H and O–H groups in total. The van der Waals surface area contributed by atoms with Gasteiger partial charge < -0.3 is 10.1 Å². The molecule has 0 aliphatic rings. The van der Waals surface area contributed by atoms with E-state index in [0.717, 1.165) is 24.0 Å². The number of nitriles is 1. The highest BCUT2D eigenvalue weighted by Gasteiger charge is 2.06. The number of rotatable bonds is 8. The van der Waals surface area contributed by atoms with E-state index in [1.54, 1.807) is 24.4 Å². The van der Waals surface area contributed by atoms with Crippen LogP contribution in [0.5, 0.6) is 5.75 Å². The number of aromatic nitrogens is 1. The van der Waals surface area contributed by atoms with E-state index >= 15 is 0 Å². The van der Waals surface area contributed by atoms with E-state index in [-0.39, 0.29) is 0 Å². The van der Waals surface area contributed by atoms with Gasteiger partial charge in [-0.1, -0.05) is 44.7 Å². The molecule has 0 aliphatic carbocycles. The minimum atomic E-state index is -0.448. The Bertz CT molecular complexity index is 738. The highest BCUT2D eigenvalue weighted by atomic mass is 16.6. The first-order valence-electron chi connectivity index (χ1n) is 8.64. The highest BCUT2D eigenvalue weighted by Crippen LogP contribution is 2.24. The summed E-state index contributed by atoms with van der Waals surface area (Å²) in [6.07, 6.45) is 8.46. The summed E-state index contributed by atoms with van der Waals surface area (Å²) >= 11 is 0. The van der Waals surface area contributed by atoms with Crippen molar-refractivity contribution >= 4 is 6.09 Å². The van der Waals surface area contributed by atoms with Gasteiger partial charge in [0, 0.05) is 24.5 Å². The van der Waals surface area contributed by atoms with Gasteiger partial charge in [-0.15, -0.1) is 0 Å². The molecule has 0 saturated heterocycles. The Morgan fingerprint density at radius 2 is 2.00 bits per heavy atom. The maximum Gasteiger partial charge on any atom is 0.412 e. The van der Waals surface area contributed by atoms with Gasteiger partial charge in [0.25, 0.3) is 0 Å². The molecule has 2 rings (SSSR count). The Hall–Kier alpha value is -2.87. The van der Waals surface area contributed by atoms with Crippen molar-refractivity contribution in [1.82, 2.24) is 10.3 Å². The number of hydrogen-bond acceptors (Lipinski definition) is 4. The van der Waals surface area contributed by atoms with Crippen LogP contribution in [0.15, 0.2) is 42.7 Å². The smallest absolute Gasteiger partial charge is 0.410 e. The first kappa shape index (κ1) is 18.5. The topological polar surface area (TPSA) is 75.0 Å². The van der Waals surface area contributed by atoms with Crippen LogP contribution in [0.3, 0.4) is 0 Å². The van der Waals surface area contributed by atoms with Gasteiger partial charge in [0.1, 0.15) is 11.8 Å². The van der Waals surface area contributed by atoms with Gasteiger partial charge in [-0.25, -0.2) is 4.79 Å². The second-order valence-corrected chi connectivity index (χ2v) is 5.83. The number of carbonyl (C=O) groups excluding carboxylic acids is 1. The van der Waals surface area contributed by atoms with Crippen LogP contribution in [0.2, 0.25) is 0 Å². The zero-order valence-corrected chi connectivity index (χ0v) is 14.5. The first-order chi connectivity index (χ1) is 12.2. The fourth-order valence-electron chi connectivity index (χ4n) is 2.46. The summed E-state index contributed by atoms with van der Waals surface area (Å²) in [6, 6.07) is 11.0. The highest BCUT2D eigenvalue weighted by molar-refractivity contribution is 5.72. The van der Waals surface area contributed by atoms with Crippen molar-refractivity contribution in [3.8, 4) is 22.9 Å². The summed E-state index contributed by atoms with van der Waals surface area (Å²) in [6.45, 7) is 2.80. The molecule has 0 unspecified atom stereocenters. The van der Waals surface area contributed by atoms with E-state index in [2.05, 4.69) is 23.3 Å². The molecule has 0 fully saturated rings.